The summed E-state index contributed by atoms with van der Waals surface area (Å²) in [6, 6.07) is -9.37. The Kier molecular flexibility index (Phi) is 36.0. The average Bonchev–Trinajstić information content (AvgIpc) is 1.34. The number of phenolic OH excluding ortho intramolecular Hbond substituents is 1. The Hall–Kier alpha value is -14.8. The quantitative estimate of drug-likeness (QED) is 0.0125. The van der Waals surface area contributed by atoms with Crippen molar-refractivity contribution >= 4 is 141 Å². The zero-order chi connectivity index (χ0) is 94.0. The van der Waals surface area contributed by atoms with Gasteiger partial charge in [0.1, 0.15) is 95.6 Å². The molecule has 4 aromatic rings. The van der Waals surface area contributed by atoms with Crippen LogP contribution in [0.3, 0.4) is 0 Å². The fourth-order valence-electron chi connectivity index (χ4n) is 12.4. The molecule has 48 nitrogen and oxygen atoms in total. The molecular weight excluding hydrogens is 1700 g/mol. The van der Waals surface area contributed by atoms with Crippen molar-refractivity contribution in [1.29, 1.82) is 0 Å². The number of primary amides is 1. The van der Waals surface area contributed by atoms with Crippen LogP contribution in [0.25, 0.3) is 33.4 Å². The summed E-state index contributed by atoms with van der Waals surface area (Å²) in [5.41, 5.74) is 5.54. The number of rotatable bonds is 47. The van der Waals surface area contributed by atoms with Crippen LogP contribution < -0.4 is 85.6 Å². The summed E-state index contributed by atoms with van der Waals surface area (Å²) in [5.74, 6) is -22.0. The Morgan fingerprint density at radius 2 is 0.945 bits per heavy atom. The third kappa shape index (κ3) is 28.6. The minimum absolute atomic E-state index is 0.00351. The first kappa shape index (κ1) is 99.3. The van der Waals surface area contributed by atoms with Gasteiger partial charge >= 0.3 is 17.9 Å². The van der Waals surface area contributed by atoms with Crippen LogP contribution in [0.15, 0.2) is 88.9 Å². The average molecular weight is 1790 g/mol. The van der Waals surface area contributed by atoms with Gasteiger partial charge in [-0.15, -0.1) is 11.8 Å². The van der Waals surface area contributed by atoms with Gasteiger partial charge in [0.25, 0.3) is 5.91 Å². The number of phenols is 1. The lowest BCUT2D eigenvalue weighted by Gasteiger charge is -2.26. The van der Waals surface area contributed by atoms with Crippen LogP contribution in [0.2, 0.25) is 0 Å². The van der Waals surface area contributed by atoms with Gasteiger partial charge in [0, 0.05) is 104 Å². The molecule has 4 heterocycles. The Morgan fingerprint density at radius 3 is 1.41 bits per heavy atom. The number of aliphatic hydroxyl groups is 2. The summed E-state index contributed by atoms with van der Waals surface area (Å²) in [7, 11) is 0. The van der Waals surface area contributed by atoms with Crippen LogP contribution in [0.4, 0.5) is 0 Å². The number of carbonyl (C=O) groups excluding carboxylic acids is 17. The molecule has 127 heavy (non-hydrogen) atoms. The normalized spacial score (nSPS) is 15.4. The maximum absolute atomic E-state index is 14.4. The molecule has 0 spiro atoms. The van der Waals surface area contributed by atoms with E-state index in [0.29, 0.717) is 17.1 Å². The maximum atomic E-state index is 14.4. The molecule has 24 N–H and O–H groups in total. The predicted octanol–water partition coefficient (Wildman–Crippen LogP) is -6.87. The van der Waals surface area contributed by atoms with E-state index < -0.39 is 259 Å². The number of aliphatic hydroxyl groups excluding tert-OH is 2. The number of fused-ring (bicyclic) bond motifs is 2. The molecule has 2 aromatic carbocycles. The lowest BCUT2D eigenvalue weighted by Crippen LogP contribution is -2.60. The number of hydrogen-bond acceptors (Lipinski definition) is 28. The SMILES string of the molecule is CC(=O)N[C@H](CCC(=O)O)C(=O)N[C@H](Cc1c[nH]cn1)C(=O)N[C@H](CO)C(=O)N[C@H](C)C(=O)N[C@H](C)C(=O)N[C@H](C)C(=O)N[C@H](CSC1CC(=O)N(CCNC(=O)c2ccc(C(=O)O)c(-c3c4ccc(=O)cc-4oc4cc(O)ccc34)c2)C1=O)C(=O)N[C@H](C)C(=O)N[C@H](C)C(=O)N[C@H](C)C(=O)N[C@@H](CO)C(=O)N[C@@H](Cc1c[nH]cn1)C(=O)N[C@@H](CCC(=O)O)C(N)=O. The van der Waals surface area contributed by atoms with E-state index in [1.807, 2.05) is 0 Å². The van der Waals surface area contributed by atoms with Crippen molar-refractivity contribution in [1.82, 2.24) is 99.3 Å². The van der Waals surface area contributed by atoms with E-state index in [1.165, 1.54) is 73.6 Å². The van der Waals surface area contributed by atoms with Gasteiger partial charge in [-0.1, -0.05) is 0 Å². The van der Waals surface area contributed by atoms with Gasteiger partial charge in [-0.3, -0.25) is 101 Å². The number of H-pyrrole nitrogens is 2. The largest absolute Gasteiger partial charge is 0.508 e. The van der Waals surface area contributed by atoms with Crippen LogP contribution in [-0.4, -0.2) is 290 Å². The fraction of sp³-hybridized carbons (Fsp3) is 0.423. The maximum Gasteiger partial charge on any atom is 0.336 e. The molecule has 0 bridgehead atoms. The molecule has 7 rings (SSSR count). The van der Waals surface area contributed by atoms with Crippen molar-refractivity contribution in [3.8, 4) is 28.2 Å². The van der Waals surface area contributed by atoms with Gasteiger partial charge in [0.05, 0.1) is 48.1 Å². The first-order valence-corrected chi connectivity index (χ1v) is 40.2. The van der Waals surface area contributed by atoms with Crippen LogP contribution >= 0.6 is 11.8 Å². The Balaban J connectivity index is 1.00. The number of nitrogens with zero attached hydrogens (tertiary/aromatic N) is 3. The molecule has 3 aliphatic rings. The number of nitrogens with two attached hydrogens (primary N) is 1. The second kappa shape index (κ2) is 46.1. The van der Waals surface area contributed by atoms with E-state index in [0.717, 1.165) is 59.4 Å². The smallest absolute Gasteiger partial charge is 0.336 e. The highest BCUT2D eigenvalue weighted by atomic mass is 32.2. The van der Waals surface area contributed by atoms with Gasteiger partial charge in [0.15, 0.2) is 5.43 Å². The summed E-state index contributed by atoms with van der Waals surface area (Å²) in [5, 5.41) is 91.1. The molecule has 49 heteroatoms. The number of hydrogen-bond donors (Lipinski definition) is 23. The van der Waals surface area contributed by atoms with E-state index in [-0.39, 0.29) is 82.1 Å². The third-order valence-corrected chi connectivity index (χ3v) is 20.7. The monoisotopic (exact) mass is 1790 g/mol. The number of imide groups is 1. The van der Waals surface area contributed by atoms with Gasteiger partial charge in [0.2, 0.25) is 94.5 Å². The lowest BCUT2D eigenvalue weighted by molar-refractivity contribution is -0.139. The van der Waals surface area contributed by atoms with Gasteiger partial charge < -0.3 is 125 Å². The van der Waals surface area contributed by atoms with Gasteiger partial charge in [-0.25, -0.2) is 14.8 Å². The van der Waals surface area contributed by atoms with E-state index in [4.69, 9.17) is 15.3 Å². The molecule has 2 aliphatic heterocycles. The van der Waals surface area contributed by atoms with E-state index >= 15 is 0 Å². The lowest BCUT2D eigenvalue weighted by atomic mass is 9.89. The number of nitrogens with one attached hydrogen (secondary N) is 16. The number of carboxylic acid groups (broad SMARTS) is 3. The third-order valence-electron chi connectivity index (χ3n) is 19.4. The van der Waals surface area contributed by atoms with Crippen LogP contribution in [0.1, 0.15) is 113 Å². The molecule has 1 fully saturated rings. The number of aromatic hydroxyl groups is 1. The molecule has 17 amide bonds. The number of carbonyl (C=O) groups is 20. The first-order valence-electron chi connectivity index (χ1n) is 39.1. The number of amides is 17. The Morgan fingerprint density at radius 1 is 0.512 bits per heavy atom. The second-order valence-electron chi connectivity index (χ2n) is 29.2. The van der Waals surface area contributed by atoms with Crippen LogP contribution in [0.5, 0.6) is 5.75 Å². The topological polar surface area (TPSA) is 748 Å². The van der Waals surface area contributed by atoms with Crippen molar-refractivity contribution in [2.75, 3.05) is 32.1 Å². The molecule has 0 radical (unpaired) electrons. The summed E-state index contributed by atoms with van der Waals surface area (Å²) >= 11 is 0.676. The number of aromatic amines is 2. The molecule has 1 unspecified atom stereocenters. The number of carboxylic acids is 3. The predicted molar refractivity (Wildman–Crippen MR) is 440 cm³/mol. The molecule has 1 saturated heterocycles. The number of imidazole rings is 2. The number of thioether (sulfide) groups is 1. The fourth-order valence-corrected chi connectivity index (χ4v) is 13.6. The first-order chi connectivity index (χ1) is 60.0. The van der Waals surface area contributed by atoms with Crippen molar-refractivity contribution in [2.45, 2.75) is 177 Å². The molecule has 14 atom stereocenters. The minimum atomic E-state index is -1.81. The molecule has 2 aromatic heterocycles. The highest BCUT2D eigenvalue weighted by molar-refractivity contribution is 8.00. The summed E-state index contributed by atoms with van der Waals surface area (Å²) in [4.78, 5) is 291. The number of aromatic carboxylic acids is 1. The number of likely N-dealkylation sites (tertiary alicyclic amines) is 1. The van der Waals surface area contributed by atoms with Crippen LogP contribution in [0, 0.1) is 0 Å². The van der Waals surface area contributed by atoms with Crippen molar-refractivity contribution in [2.24, 2.45) is 5.73 Å². The van der Waals surface area contributed by atoms with Crippen molar-refractivity contribution < 1.29 is 131 Å². The van der Waals surface area contributed by atoms with Gasteiger partial charge in [-0.2, -0.15) is 0 Å². The Bertz CT molecular complexity index is 5180. The van der Waals surface area contributed by atoms with Gasteiger partial charge in [-0.05, 0) is 102 Å². The van der Waals surface area contributed by atoms with E-state index in [9.17, 15) is 126 Å². The highest BCUT2D eigenvalue weighted by Crippen LogP contribution is 2.42. The molecule has 0 saturated carbocycles. The minimum Gasteiger partial charge on any atom is -0.508 e. The number of aliphatic carboxylic acids is 2. The van der Waals surface area contributed by atoms with Crippen molar-refractivity contribution in [3.05, 3.63) is 112 Å². The summed E-state index contributed by atoms with van der Waals surface area (Å²) in [6.07, 6.45) is 2.10. The zero-order valence-corrected chi connectivity index (χ0v) is 69.9. The van der Waals surface area contributed by atoms with E-state index in [1.54, 1.807) is 0 Å². The number of aromatic nitrogens is 4. The second-order valence-corrected chi connectivity index (χ2v) is 30.4. The molecular formula is C78H96N20O28S. The van der Waals surface area contributed by atoms with E-state index in [2.05, 4.69) is 94.4 Å². The standard InChI is InChI=1S/C78H96N20O28S/c1-33(64(110)87-37(5)68(114)95-54(29-100)75(121)94-51(21-41-26-80-31-83-41)72(118)92-49(63(79)109)14-16-60(105)106)86-67(113)36(4)90-76(122)55(30-127-58-25-59(104)98(77(58)123)19-18-82-70(116)40-8-11-45(78(124)125)48(20-40)62-46-12-9-43(102)23-56(46)126-57-24-44(103)10-13-47(57)62)97-69(115)38(6)88-65(111)34(2)85-66(112)35(3)89-74(120)53(28-99)96-73(119)52(22-42-27-81-32-84-42)93-71(117)50(91-39(7)101)15-17-61(107)108/h8-13,20,23-24,26-27,31-38,49-55,58,99-100,102H,14-19,21-22,25,28-30H2,1-7H3,(H2,79,109)(H,80,83)(H,81,84)(H,82,116)(H,85,112)(H,86,113)(H,87,110)(H,88,111)(H,89,120)(H,90,122)(H,91,101)(H,92,118)(H,93,117)(H,94,121)(H,95,114)(H,96,119)(H,97,115)(H,105,106)(H,107,108)(H,124,125)/t33-,34-,35-,36-,37-,38-,49+,50-,51+,52-,53-,54+,55-,58?/m1/s1. The summed E-state index contributed by atoms with van der Waals surface area (Å²) < 4.78 is 5.90. The number of benzene rings is 3. The highest BCUT2D eigenvalue weighted by Gasteiger charge is 2.42. The zero-order valence-electron chi connectivity index (χ0n) is 69.1. The Labute approximate surface area is 723 Å². The molecule has 1 aliphatic carbocycles. The summed E-state index contributed by atoms with van der Waals surface area (Å²) in [6.45, 7) is 4.96. The van der Waals surface area contributed by atoms with Crippen LogP contribution in [-0.2, 0) is 99.1 Å². The van der Waals surface area contributed by atoms with Crippen molar-refractivity contribution in [3.63, 3.8) is 0 Å². The molecule has 682 valence electrons.